The van der Waals surface area contributed by atoms with Crippen LogP contribution >= 0.6 is 11.8 Å². The second-order valence-electron chi connectivity index (χ2n) is 3.78. The summed E-state index contributed by atoms with van der Waals surface area (Å²) in [7, 11) is 0. The van der Waals surface area contributed by atoms with Gasteiger partial charge in [0.05, 0.1) is 5.56 Å². The van der Waals surface area contributed by atoms with Crippen LogP contribution in [0.15, 0.2) is 28.3 Å². The number of nitrogen functional groups attached to an aromatic ring is 3. The van der Waals surface area contributed by atoms with Gasteiger partial charge in [0.2, 0.25) is 0 Å². The molecule has 104 valence electrons. The third kappa shape index (κ3) is 2.88. The van der Waals surface area contributed by atoms with Gasteiger partial charge in [-0.25, -0.2) is 19.2 Å². The molecule has 0 aliphatic carbocycles. The Bertz CT molecular complexity index is 675. The van der Waals surface area contributed by atoms with Crippen molar-refractivity contribution in [3.63, 3.8) is 0 Å². The van der Waals surface area contributed by atoms with Crippen molar-refractivity contribution in [3.8, 4) is 0 Å². The highest BCUT2D eigenvalue weighted by atomic mass is 32.2. The number of benzene rings is 1. The Morgan fingerprint density at radius 1 is 1.15 bits per heavy atom. The van der Waals surface area contributed by atoms with Crippen molar-refractivity contribution in [1.82, 2.24) is 9.97 Å². The first kappa shape index (κ1) is 13.9. The molecule has 1 aromatic carbocycles. The number of carboxylic acids is 1. The zero-order valence-corrected chi connectivity index (χ0v) is 10.8. The van der Waals surface area contributed by atoms with E-state index in [-0.39, 0.29) is 27.4 Å². The van der Waals surface area contributed by atoms with E-state index in [2.05, 4.69) is 9.97 Å². The molecular weight excluding hydrogens is 285 g/mol. The number of nitrogens with two attached hydrogens (primary N) is 3. The Balaban J connectivity index is 2.39. The van der Waals surface area contributed by atoms with Gasteiger partial charge in [0, 0.05) is 16.6 Å². The van der Waals surface area contributed by atoms with Crippen LogP contribution in [0.1, 0.15) is 10.4 Å². The van der Waals surface area contributed by atoms with Crippen LogP contribution in [-0.4, -0.2) is 21.0 Å². The molecule has 7 N–H and O–H groups in total. The monoisotopic (exact) mass is 295 g/mol. The highest BCUT2D eigenvalue weighted by Gasteiger charge is 2.15. The van der Waals surface area contributed by atoms with Gasteiger partial charge in [-0.3, -0.25) is 0 Å². The van der Waals surface area contributed by atoms with E-state index in [1.165, 1.54) is 6.07 Å². The number of nitrogens with zero attached hydrogens (tertiary/aromatic N) is 2. The van der Waals surface area contributed by atoms with Gasteiger partial charge in [-0.15, -0.1) is 0 Å². The topological polar surface area (TPSA) is 141 Å². The van der Waals surface area contributed by atoms with Crippen LogP contribution in [0.3, 0.4) is 0 Å². The smallest absolute Gasteiger partial charge is 0.338 e. The molecule has 2 aromatic rings. The van der Waals surface area contributed by atoms with Crippen LogP contribution in [-0.2, 0) is 0 Å². The summed E-state index contributed by atoms with van der Waals surface area (Å²) in [5.41, 5.74) is 16.3. The molecule has 1 heterocycles. The minimum Gasteiger partial charge on any atom is -0.478 e. The molecule has 0 unspecified atom stereocenters. The fraction of sp³-hybridized carbons (Fsp3) is 0. The third-order valence-electron chi connectivity index (χ3n) is 2.28. The van der Waals surface area contributed by atoms with Crippen molar-refractivity contribution in [2.45, 2.75) is 10.1 Å². The quantitative estimate of drug-likeness (QED) is 0.489. The molecule has 9 heteroatoms. The molecule has 2 rings (SSSR count). The molecule has 20 heavy (non-hydrogen) atoms. The van der Waals surface area contributed by atoms with Gasteiger partial charge in [0.25, 0.3) is 0 Å². The zero-order chi connectivity index (χ0) is 14.9. The highest BCUT2D eigenvalue weighted by Crippen LogP contribution is 2.32. The molecule has 0 saturated carbocycles. The van der Waals surface area contributed by atoms with Gasteiger partial charge in [-0.2, -0.15) is 0 Å². The summed E-state index contributed by atoms with van der Waals surface area (Å²) in [4.78, 5) is 18.9. The lowest BCUT2D eigenvalue weighted by atomic mass is 10.2. The second-order valence-corrected chi connectivity index (χ2v) is 4.79. The van der Waals surface area contributed by atoms with E-state index in [1.807, 2.05) is 0 Å². The summed E-state index contributed by atoms with van der Waals surface area (Å²) in [5.74, 6) is -1.95. The van der Waals surface area contributed by atoms with Crippen molar-refractivity contribution >= 4 is 35.1 Å². The molecule has 0 aliphatic rings. The lowest BCUT2D eigenvalue weighted by Crippen LogP contribution is -2.04. The Hall–Kier alpha value is -2.55. The number of rotatable bonds is 3. The molecular formula is C11H10FN5O2S. The number of carboxylic acid groups (broad SMARTS) is 1. The van der Waals surface area contributed by atoms with Crippen LogP contribution in [0.5, 0.6) is 0 Å². The molecule has 0 amide bonds. The number of hydrogen-bond acceptors (Lipinski definition) is 7. The average molecular weight is 295 g/mol. The van der Waals surface area contributed by atoms with Gasteiger partial charge in [-0.1, -0.05) is 0 Å². The number of aromatic nitrogens is 2. The molecule has 0 radical (unpaired) electrons. The molecule has 0 aliphatic heterocycles. The first-order valence-corrected chi connectivity index (χ1v) is 6.08. The number of halogens is 1. The van der Waals surface area contributed by atoms with Crippen molar-refractivity contribution in [3.05, 3.63) is 29.6 Å². The van der Waals surface area contributed by atoms with Gasteiger partial charge in [0.1, 0.15) is 17.5 Å². The zero-order valence-electron chi connectivity index (χ0n) is 10.0. The standard InChI is InChI=1S/C11H10FN5O2S/c12-5-2-7(6(13)1-4(5)10(18)19)20-11-16-8(14)3-9(15)17-11/h1-3H,13H2,(H,18,19)(H4,14,15,16,17). The van der Waals surface area contributed by atoms with Crippen molar-refractivity contribution < 1.29 is 14.3 Å². The van der Waals surface area contributed by atoms with Gasteiger partial charge < -0.3 is 22.3 Å². The summed E-state index contributed by atoms with van der Waals surface area (Å²) in [6.07, 6.45) is 0. The third-order valence-corrected chi connectivity index (χ3v) is 3.21. The average Bonchev–Trinajstić information content (AvgIpc) is 2.31. The van der Waals surface area contributed by atoms with E-state index in [4.69, 9.17) is 22.3 Å². The first-order chi connectivity index (χ1) is 9.36. The fourth-order valence-electron chi connectivity index (χ4n) is 1.43. The van der Waals surface area contributed by atoms with Crippen molar-refractivity contribution in [2.24, 2.45) is 0 Å². The van der Waals surface area contributed by atoms with E-state index >= 15 is 0 Å². The highest BCUT2D eigenvalue weighted by molar-refractivity contribution is 7.99. The number of hydrogen-bond donors (Lipinski definition) is 4. The van der Waals surface area contributed by atoms with Crippen molar-refractivity contribution in [1.29, 1.82) is 0 Å². The van der Waals surface area contributed by atoms with Crippen LogP contribution in [0.2, 0.25) is 0 Å². The number of anilines is 3. The van der Waals surface area contributed by atoms with E-state index in [0.717, 1.165) is 23.9 Å². The Kier molecular flexibility index (Phi) is 3.61. The SMILES string of the molecule is Nc1cc(N)nc(Sc2cc(F)c(C(=O)O)cc2N)n1. The summed E-state index contributed by atoms with van der Waals surface area (Å²) < 4.78 is 13.6. The Morgan fingerprint density at radius 2 is 1.75 bits per heavy atom. The van der Waals surface area contributed by atoms with Gasteiger partial charge in [-0.05, 0) is 23.9 Å². The largest absolute Gasteiger partial charge is 0.478 e. The Labute approximate surface area is 117 Å². The van der Waals surface area contributed by atoms with E-state index in [1.54, 1.807) is 0 Å². The van der Waals surface area contributed by atoms with Gasteiger partial charge >= 0.3 is 5.97 Å². The Morgan fingerprint density at radius 3 is 2.30 bits per heavy atom. The maximum atomic E-state index is 13.6. The molecule has 1 aromatic heterocycles. The van der Waals surface area contributed by atoms with Crippen molar-refractivity contribution in [2.75, 3.05) is 17.2 Å². The minimum atomic E-state index is -1.39. The molecule has 0 bridgehead atoms. The predicted octanol–water partition coefficient (Wildman–Crippen LogP) is 1.21. The molecule has 0 saturated heterocycles. The molecule has 0 atom stereocenters. The summed E-state index contributed by atoms with van der Waals surface area (Å²) in [5, 5.41) is 8.97. The van der Waals surface area contributed by atoms with Crippen LogP contribution in [0.25, 0.3) is 0 Å². The summed E-state index contributed by atoms with van der Waals surface area (Å²) in [6, 6.07) is 3.42. The van der Waals surface area contributed by atoms with Crippen LogP contribution in [0.4, 0.5) is 21.7 Å². The van der Waals surface area contributed by atoms with Gasteiger partial charge in [0.15, 0.2) is 5.16 Å². The minimum absolute atomic E-state index is 0.0957. The van der Waals surface area contributed by atoms with E-state index in [9.17, 15) is 9.18 Å². The lowest BCUT2D eigenvalue weighted by Gasteiger charge is -2.07. The number of aromatic carboxylic acids is 1. The summed E-state index contributed by atoms with van der Waals surface area (Å²) >= 11 is 0.937. The lowest BCUT2D eigenvalue weighted by molar-refractivity contribution is 0.0692. The molecule has 0 fully saturated rings. The first-order valence-electron chi connectivity index (χ1n) is 5.27. The van der Waals surface area contributed by atoms with E-state index < -0.39 is 17.3 Å². The molecule has 7 nitrogen and oxygen atoms in total. The van der Waals surface area contributed by atoms with E-state index in [0.29, 0.717) is 0 Å². The summed E-state index contributed by atoms with van der Waals surface area (Å²) in [6.45, 7) is 0. The maximum Gasteiger partial charge on any atom is 0.338 e. The van der Waals surface area contributed by atoms with Crippen LogP contribution in [0, 0.1) is 5.82 Å². The van der Waals surface area contributed by atoms with Crippen LogP contribution < -0.4 is 17.2 Å². The molecule has 0 spiro atoms. The maximum absolute atomic E-state index is 13.6. The fourth-order valence-corrected chi connectivity index (χ4v) is 2.27. The predicted molar refractivity (Wildman–Crippen MR) is 72.8 cm³/mol. The second kappa shape index (κ2) is 5.21. The number of carbonyl (C=O) groups is 1. The normalized spacial score (nSPS) is 10.4.